The van der Waals surface area contributed by atoms with Crippen LogP contribution in [0.1, 0.15) is 11.6 Å². The highest BCUT2D eigenvalue weighted by Crippen LogP contribution is 2.18. The second-order valence-corrected chi connectivity index (χ2v) is 6.41. The van der Waals surface area contributed by atoms with E-state index in [0.29, 0.717) is 5.16 Å². The number of imide groups is 1. The van der Waals surface area contributed by atoms with Gasteiger partial charge in [-0.05, 0) is 16.0 Å². The summed E-state index contributed by atoms with van der Waals surface area (Å²) in [6.07, 6.45) is -0.704. The first-order valence-corrected chi connectivity index (χ1v) is 8.69. The van der Waals surface area contributed by atoms with Crippen LogP contribution in [-0.2, 0) is 21.4 Å². The van der Waals surface area contributed by atoms with Crippen molar-refractivity contribution in [3.05, 3.63) is 35.9 Å². The first-order chi connectivity index (χ1) is 12.5. The van der Waals surface area contributed by atoms with Gasteiger partial charge in [-0.2, -0.15) is 0 Å². The van der Waals surface area contributed by atoms with Gasteiger partial charge in [-0.15, -0.1) is 5.10 Å². The van der Waals surface area contributed by atoms with Crippen molar-refractivity contribution in [3.63, 3.8) is 0 Å². The van der Waals surface area contributed by atoms with Gasteiger partial charge in [-0.3, -0.25) is 9.59 Å². The third-order valence-electron chi connectivity index (χ3n) is 3.66. The van der Waals surface area contributed by atoms with E-state index in [2.05, 4.69) is 20.8 Å². The molecule has 26 heavy (non-hydrogen) atoms. The van der Waals surface area contributed by atoms with Crippen LogP contribution in [0.15, 0.2) is 35.5 Å². The average Bonchev–Trinajstić information content (AvgIpc) is 3.19. The molecule has 1 aromatic heterocycles. The summed E-state index contributed by atoms with van der Waals surface area (Å²) in [5.74, 6) is -0.604. The van der Waals surface area contributed by atoms with Gasteiger partial charge in [-0.1, -0.05) is 42.1 Å². The fraction of sp³-hybridized carbons (Fsp3) is 0.333. The van der Waals surface area contributed by atoms with E-state index in [9.17, 15) is 14.4 Å². The maximum atomic E-state index is 12.3. The van der Waals surface area contributed by atoms with Crippen molar-refractivity contribution >= 4 is 29.7 Å². The number of carbonyl (C=O) groups excluding carboxylic acids is 3. The molecule has 2 aromatic rings. The zero-order chi connectivity index (χ0) is 18.5. The molecule has 1 unspecified atom stereocenters. The standard InChI is InChI=1S/C15H16N6O4S/c1-20-14(17-18-19-20)26-9-12(22)16-11(10-5-3-2-4-6-10)7-21-13(23)8-25-15(21)24/h2-6,11H,7-9H2,1H3,(H,16,22). The van der Waals surface area contributed by atoms with Gasteiger partial charge in [0.25, 0.3) is 5.91 Å². The minimum Gasteiger partial charge on any atom is -0.439 e. The number of hydrogen-bond acceptors (Lipinski definition) is 8. The monoisotopic (exact) mass is 376 g/mol. The molecule has 0 aliphatic carbocycles. The summed E-state index contributed by atoms with van der Waals surface area (Å²) < 4.78 is 6.19. The number of amides is 3. The van der Waals surface area contributed by atoms with Crippen LogP contribution in [0.4, 0.5) is 4.79 Å². The van der Waals surface area contributed by atoms with E-state index in [0.717, 1.165) is 10.5 Å². The minimum absolute atomic E-state index is 0.00357. The van der Waals surface area contributed by atoms with Crippen molar-refractivity contribution < 1.29 is 19.1 Å². The molecule has 10 nitrogen and oxygen atoms in total. The number of cyclic esters (lactones) is 1. The molecule has 1 N–H and O–H groups in total. The number of hydrogen-bond donors (Lipinski definition) is 1. The molecule has 0 bridgehead atoms. The zero-order valence-electron chi connectivity index (χ0n) is 13.9. The lowest BCUT2D eigenvalue weighted by Gasteiger charge is -2.22. The molecule has 1 aliphatic heterocycles. The van der Waals surface area contributed by atoms with E-state index >= 15 is 0 Å². The van der Waals surface area contributed by atoms with Gasteiger partial charge < -0.3 is 10.1 Å². The van der Waals surface area contributed by atoms with Crippen LogP contribution in [0.25, 0.3) is 0 Å². The molecule has 0 spiro atoms. The summed E-state index contributed by atoms with van der Waals surface area (Å²) in [4.78, 5) is 36.8. The number of aryl methyl sites for hydroxylation is 1. The average molecular weight is 376 g/mol. The third-order valence-corrected chi connectivity index (χ3v) is 4.67. The van der Waals surface area contributed by atoms with Gasteiger partial charge in [-0.25, -0.2) is 14.4 Å². The van der Waals surface area contributed by atoms with Crippen molar-refractivity contribution in [1.29, 1.82) is 0 Å². The lowest BCUT2D eigenvalue weighted by atomic mass is 10.1. The normalized spacial score (nSPS) is 15.0. The van der Waals surface area contributed by atoms with Crippen LogP contribution >= 0.6 is 11.8 Å². The van der Waals surface area contributed by atoms with Crippen LogP contribution in [0.3, 0.4) is 0 Å². The number of carbonyl (C=O) groups is 3. The van der Waals surface area contributed by atoms with Crippen LogP contribution in [0, 0.1) is 0 Å². The summed E-state index contributed by atoms with van der Waals surface area (Å²) in [5, 5.41) is 14.4. The summed E-state index contributed by atoms with van der Waals surface area (Å²) in [7, 11) is 1.68. The Labute approximate surface area is 152 Å². The number of benzene rings is 1. The van der Waals surface area contributed by atoms with Gasteiger partial charge in [0.15, 0.2) is 6.61 Å². The van der Waals surface area contributed by atoms with Crippen LogP contribution in [0.5, 0.6) is 0 Å². The van der Waals surface area contributed by atoms with Gasteiger partial charge in [0.05, 0.1) is 18.3 Å². The number of nitrogens with one attached hydrogen (secondary N) is 1. The van der Waals surface area contributed by atoms with E-state index < -0.39 is 18.0 Å². The minimum atomic E-state index is -0.704. The van der Waals surface area contributed by atoms with Gasteiger partial charge in [0.2, 0.25) is 11.1 Å². The van der Waals surface area contributed by atoms with Gasteiger partial charge >= 0.3 is 6.09 Å². The fourth-order valence-corrected chi connectivity index (χ4v) is 3.03. The molecular formula is C15H16N6O4S. The Bertz CT molecular complexity index is 795. The first-order valence-electron chi connectivity index (χ1n) is 7.71. The number of rotatable bonds is 7. The highest BCUT2D eigenvalue weighted by Gasteiger charge is 2.33. The molecule has 3 rings (SSSR count). The van der Waals surface area contributed by atoms with Crippen LogP contribution in [-0.4, -0.2) is 61.9 Å². The van der Waals surface area contributed by atoms with E-state index in [-0.39, 0.29) is 24.8 Å². The summed E-state index contributed by atoms with van der Waals surface area (Å²) in [6, 6.07) is 8.57. The predicted molar refractivity (Wildman–Crippen MR) is 89.9 cm³/mol. The highest BCUT2D eigenvalue weighted by molar-refractivity contribution is 7.99. The molecule has 136 valence electrons. The Morgan fingerprint density at radius 1 is 1.35 bits per heavy atom. The smallest absolute Gasteiger partial charge is 0.417 e. The van der Waals surface area contributed by atoms with Crippen molar-refractivity contribution in [2.75, 3.05) is 18.9 Å². The molecule has 11 heteroatoms. The third kappa shape index (κ3) is 4.17. The second-order valence-electron chi connectivity index (χ2n) is 5.46. The molecule has 2 heterocycles. The van der Waals surface area contributed by atoms with Crippen molar-refractivity contribution in [2.24, 2.45) is 7.05 Å². The van der Waals surface area contributed by atoms with Crippen molar-refractivity contribution in [3.8, 4) is 0 Å². The van der Waals surface area contributed by atoms with Gasteiger partial charge in [0, 0.05) is 7.05 Å². The van der Waals surface area contributed by atoms with Crippen LogP contribution in [0.2, 0.25) is 0 Å². The number of thioether (sulfide) groups is 1. The molecule has 1 atom stereocenters. The number of ether oxygens (including phenoxy) is 1. The Kier molecular flexibility index (Phi) is 5.46. The largest absolute Gasteiger partial charge is 0.439 e. The van der Waals surface area contributed by atoms with E-state index in [4.69, 9.17) is 4.74 Å². The maximum absolute atomic E-state index is 12.3. The van der Waals surface area contributed by atoms with Crippen LogP contribution < -0.4 is 5.32 Å². The molecule has 1 fully saturated rings. The number of nitrogens with zero attached hydrogens (tertiary/aromatic N) is 5. The van der Waals surface area contributed by atoms with Gasteiger partial charge in [0.1, 0.15) is 0 Å². The summed E-state index contributed by atoms with van der Waals surface area (Å²) in [6.45, 7) is -0.271. The second kappa shape index (κ2) is 7.95. The number of tetrazole rings is 1. The summed E-state index contributed by atoms with van der Waals surface area (Å²) in [5.41, 5.74) is 0.777. The molecule has 0 saturated carbocycles. The first kappa shape index (κ1) is 17.9. The molecule has 0 radical (unpaired) electrons. The fourth-order valence-electron chi connectivity index (χ4n) is 2.37. The predicted octanol–water partition coefficient (Wildman–Crippen LogP) is 0.139. The molecule has 1 aliphatic rings. The Morgan fingerprint density at radius 3 is 2.73 bits per heavy atom. The zero-order valence-corrected chi connectivity index (χ0v) is 14.7. The van der Waals surface area contributed by atoms with E-state index in [1.807, 2.05) is 30.3 Å². The molecule has 1 saturated heterocycles. The Balaban J connectivity index is 1.67. The summed E-state index contributed by atoms with van der Waals surface area (Å²) >= 11 is 1.19. The molecule has 3 amide bonds. The number of aromatic nitrogens is 4. The topological polar surface area (TPSA) is 119 Å². The Morgan fingerprint density at radius 2 is 2.12 bits per heavy atom. The quantitative estimate of drug-likeness (QED) is 0.678. The lowest BCUT2D eigenvalue weighted by molar-refractivity contribution is -0.127. The Hall–Kier alpha value is -2.95. The lowest BCUT2D eigenvalue weighted by Crippen LogP contribution is -2.41. The van der Waals surface area contributed by atoms with Crippen molar-refractivity contribution in [1.82, 2.24) is 30.4 Å². The highest BCUT2D eigenvalue weighted by atomic mass is 32.2. The maximum Gasteiger partial charge on any atom is 0.417 e. The molecular weight excluding hydrogens is 360 g/mol. The SMILES string of the molecule is Cn1nnnc1SCC(=O)NC(CN1C(=O)COC1=O)c1ccccc1. The van der Waals surface area contributed by atoms with Crippen molar-refractivity contribution in [2.45, 2.75) is 11.2 Å². The molecule has 1 aromatic carbocycles. The van der Waals surface area contributed by atoms with E-state index in [1.165, 1.54) is 16.4 Å². The van der Waals surface area contributed by atoms with E-state index in [1.54, 1.807) is 7.05 Å².